The molecule has 0 saturated carbocycles. The third kappa shape index (κ3) is 3.67. The number of rotatable bonds is 3. The molecule has 1 aliphatic rings. The largest absolute Gasteiger partial charge is 0.309 e. The second kappa shape index (κ2) is 4.73. The average Bonchev–Trinajstić information content (AvgIpc) is 2.06. The molecule has 3 nitrogen and oxygen atoms in total. The van der Waals surface area contributed by atoms with E-state index in [9.17, 15) is 4.21 Å². The molecule has 1 aliphatic heterocycles. The number of nitrogens with one attached hydrogen (secondary N) is 1. The first kappa shape index (κ1) is 12.1. The molecule has 0 bridgehead atoms. The van der Waals surface area contributed by atoms with E-state index < -0.39 is 10.8 Å². The zero-order valence-corrected chi connectivity index (χ0v) is 10.5. The smallest absolute Gasteiger partial charge is 0.0359 e. The molecule has 0 aromatic carbocycles. The van der Waals surface area contributed by atoms with E-state index in [1.807, 2.05) is 0 Å². The van der Waals surface area contributed by atoms with E-state index in [0.29, 0.717) is 6.04 Å². The molecule has 14 heavy (non-hydrogen) atoms. The van der Waals surface area contributed by atoms with Crippen LogP contribution in [-0.2, 0) is 10.8 Å². The van der Waals surface area contributed by atoms with Gasteiger partial charge in [0.25, 0.3) is 0 Å². The molecule has 0 amide bonds. The first-order valence-corrected chi connectivity index (χ1v) is 6.92. The molecule has 0 aromatic heterocycles. The van der Waals surface area contributed by atoms with Gasteiger partial charge in [-0.2, -0.15) is 0 Å². The summed E-state index contributed by atoms with van der Waals surface area (Å²) in [5.74, 6) is 0.792. The second-order valence-corrected chi connectivity index (χ2v) is 6.42. The van der Waals surface area contributed by atoms with Crippen LogP contribution in [0.3, 0.4) is 0 Å². The van der Waals surface area contributed by atoms with Gasteiger partial charge in [0.15, 0.2) is 0 Å². The molecule has 1 rings (SSSR count). The van der Waals surface area contributed by atoms with E-state index in [1.54, 1.807) is 6.26 Å². The lowest BCUT2D eigenvalue weighted by Gasteiger charge is -2.43. The minimum atomic E-state index is -0.669. The highest BCUT2D eigenvalue weighted by Crippen LogP contribution is 2.14. The van der Waals surface area contributed by atoms with Gasteiger partial charge in [-0.25, -0.2) is 0 Å². The molecule has 0 spiro atoms. The highest BCUT2D eigenvalue weighted by atomic mass is 32.2. The lowest BCUT2D eigenvalue weighted by atomic mass is 9.99. The molecule has 1 N–H and O–H groups in total. The van der Waals surface area contributed by atoms with Gasteiger partial charge in [0, 0.05) is 54.0 Å². The fourth-order valence-electron chi connectivity index (χ4n) is 1.82. The van der Waals surface area contributed by atoms with Crippen LogP contribution in [0, 0.1) is 0 Å². The first-order chi connectivity index (χ1) is 6.41. The van der Waals surface area contributed by atoms with Crippen molar-refractivity contribution in [2.45, 2.75) is 32.4 Å². The standard InChI is InChI=1S/C10H22N2OS/c1-9-7-11-10(2,3)8-12(9)5-6-14(4)13/h9,11H,5-8H2,1-4H3. The summed E-state index contributed by atoms with van der Waals surface area (Å²) in [7, 11) is -0.669. The maximum Gasteiger partial charge on any atom is 0.0359 e. The third-order valence-corrected chi connectivity index (χ3v) is 3.52. The molecule has 1 saturated heterocycles. The Bertz CT molecular complexity index is 218. The van der Waals surface area contributed by atoms with Crippen molar-refractivity contribution in [1.29, 1.82) is 0 Å². The maximum absolute atomic E-state index is 11.0. The Morgan fingerprint density at radius 2 is 2.21 bits per heavy atom. The molecule has 2 atom stereocenters. The highest BCUT2D eigenvalue weighted by Gasteiger charge is 2.29. The van der Waals surface area contributed by atoms with Gasteiger partial charge < -0.3 is 5.32 Å². The maximum atomic E-state index is 11.0. The summed E-state index contributed by atoms with van der Waals surface area (Å²) < 4.78 is 11.0. The molecule has 1 fully saturated rings. The van der Waals surface area contributed by atoms with Gasteiger partial charge in [0.2, 0.25) is 0 Å². The Balaban J connectivity index is 2.44. The van der Waals surface area contributed by atoms with E-state index >= 15 is 0 Å². The lowest BCUT2D eigenvalue weighted by Crippen LogP contribution is -2.61. The van der Waals surface area contributed by atoms with Gasteiger partial charge in [0.05, 0.1) is 0 Å². The summed E-state index contributed by atoms with van der Waals surface area (Å²) in [6.45, 7) is 9.69. The van der Waals surface area contributed by atoms with Gasteiger partial charge in [-0.15, -0.1) is 0 Å². The molecule has 0 aromatic rings. The topological polar surface area (TPSA) is 32.3 Å². The Hall–Kier alpha value is 0.0700. The molecule has 84 valence electrons. The van der Waals surface area contributed by atoms with Crippen molar-refractivity contribution < 1.29 is 4.21 Å². The number of hydrogen-bond acceptors (Lipinski definition) is 3. The van der Waals surface area contributed by atoms with Crippen LogP contribution in [0.1, 0.15) is 20.8 Å². The molecule has 1 heterocycles. The second-order valence-electron chi connectivity index (χ2n) is 4.86. The molecule has 4 heteroatoms. The van der Waals surface area contributed by atoms with Crippen LogP contribution in [0.2, 0.25) is 0 Å². The van der Waals surface area contributed by atoms with Gasteiger partial charge in [-0.05, 0) is 20.8 Å². The minimum absolute atomic E-state index is 0.196. The Morgan fingerprint density at radius 1 is 1.57 bits per heavy atom. The van der Waals surface area contributed by atoms with Crippen LogP contribution >= 0.6 is 0 Å². The van der Waals surface area contributed by atoms with Crippen molar-refractivity contribution >= 4 is 10.8 Å². The molecular weight excluding hydrogens is 196 g/mol. The van der Waals surface area contributed by atoms with E-state index in [0.717, 1.165) is 25.4 Å². The summed E-state index contributed by atoms with van der Waals surface area (Å²) in [6.07, 6.45) is 1.78. The normalized spacial score (nSPS) is 30.1. The minimum Gasteiger partial charge on any atom is -0.309 e. The average molecular weight is 218 g/mol. The first-order valence-electron chi connectivity index (χ1n) is 5.20. The predicted octanol–water partition coefficient (Wildman–Crippen LogP) is 0.437. The Labute approximate surface area is 89.7 Å². The zero-order valence-electron chi connectivity index (χ0n) is 9.67. The fraction of sp³-hybridized carbons (Fsp3) is 1.00. The van der Waals surface area contributed by atoms with Crippen LogP contribution in [0.25, 0.3) is 0 Å². The van der Waals surface area contributed by atoms with E-state index in [1.165, 1.54) is 0 Å². The zero-order chi connectivity index (χ0) is 10.8. The van der Waals surface area contributed by atoms with Gasteiger partial charge in [-0.3, -0.25) is 9.11 Å². The van der Waals surface area contributed by atoms with Crippen LogP contribution in [0.4, 0.5) is 0 Å². The van der Waals surface area contributed by atoms with Crippen LogP contribution < -0.4 is 5.32 Å². The van der Waals surface area contributed by atoms with Gasteiger partial charge >= 0.3 is 0 Å². The summed E-state index contributed by atoms with van der Waals surface area (Å²) in [6, 6.07) is 0.562. The Kier molecular flexibility index (Phi) is 4.10. The molecule has 0 aliphatic carbocycles. The van der Waals surface area contributed by atoms with E-state index in [2.05, 4.69) is 31.0 Å². The monoisotopic (exact) mass is 218 g/mol. The van der Waals surface area contributed by atoms with Gasteiger partial charge in [0.1, 0.15) is 0 Å². The summed E-state index contributed by atoms with van der Waals surface area (Å²) in [4.78, 5) is 2.43. The van der Waals surface area contributed by atoms with Crippen molar-refractivity contribution in [3.63, 3.8) is 0 Å². The van der Waals surface area contributed by atoms with Crippen LogP contribution in [-0.4, -0.2) is 52.3 Å². The number of nitrogens with zero attached hydrogens (tertiary/aromatic N) is 1. The quantitative estimate of drug-likeness (QED) is 0.746. The SMILES string of the molecule is CC1CNC(C)(C)CN1CCS(C)=O. The van der Waals surface area contributed by atoms with Crippen LogP contribution in [0.15, 0.2) is 0 Å². The van der Waals surface area contributed by atoms with Crippen molar-refractivity contribution in [2.75, 3.05) is 31.6 Å². The third-order valence-electron chi connectivity index (χ3n) is 2.76. The van der Waals surface area contributed by atoms with Crippen molar-refractivity contribution in [2.24, 2.45) is 0 Å². The van der Waals surface area contributed by atoms with Gasteiger partial charge in [-0.1, -0.05) is 0 Å². The fourth-order valence-corrected chi connectivity index (χ4v) is 2.31. The predicted molar refractivity (Wildman–Crippen MR) is 62.1 cm³/mol. The molecule has 2 unspecified atom stereocenters. The van der Waals surface area contributed by atoms with E-state index in [4.69, 9.17) is 0 Å². The van der Waals surface area contributed by atoms with Crippen LogP contribution in [0.5, 0.6) is 0 Å². The van der Waals surface area contributed by atoms with Crippen molar-refractivity contribution in [3.05, 3.63) is 0 Å². The highest BCUT2D eigenvalue weighted by molar-refractivity contribution is 7.84. The summed E-state index contributed by atoms with van der Waals surface area (Å²) >= 11 is 0. The van der Waals surface area contributed by atoms with Crippen molar-refractivity contribution in [1.82, 2.24) is 10.2 Å². The number of piperazine rings is 1. The van der Waals surface area contributed by atoms with Crippen molar-refractivity contribution in [3.8, 4) is 0 Å². The molecule has 0 radical (unpaired) electrons. The molecular formula is C10H22N2OS. The summed E-state index contributed by atoms with van der Waals surface area (Å²) in [5.41, 5.74) is 0.196. The van der Waals surface area contributed by atoms with E-state index in [-0.39, 0.29) is 5.54 Å². The Morgan fingerprint density at radius 3 is 2.79 bits per heavy atom. The number of hydrogen-bond donors (Lipinski definition) is 1. The summed E-state index contributed by atoms with van der Waals surface area (Å²) in [5, 5.41) is 3.51. The lowest BCUT2D eigenvalue weighted by molar-refractivity contribution is 0.112.